The molecule has 1 aliphatic heterocycles. The molecule has 1 aromatic carbocycles. The largest absolute Gasteiger partial charge is 0.491 e. The summed E-state index contributed by atoms with van der Waals surface area (Å²) in [7, 11) is 0. The number of para-hydroxylation sites is 2. The number of ether oxygens (including phenoxy) is 1. The third kappa shape index (κ3) is 3.87. The van der Waals surface area contributed by atoms with Crippen LogP contribution in [0.15, 0.2) is 24.3 Å². The van der Waals surface area contributed by atoms with Gasteiger partial charge >= 0.3 is 0 Å². The Morgan fingerprint density at radius 2 is 2.21 bits per heavy atom. The molecule has 0 aromatic heterocycles. The van der Waals surface area contributed by atoms with Crippen molar-refractivity contribution in [3.63, 3.8) is 0 Å². The Labute approximate surface area is 116 Å². The maximum absolute atomic E-state index is 5.81. The number of rotatable bonds is 6. The molecule has 1 aliphatic rings. The van der Waals surface area contributed by atoms with Crippen LogP contribution in [-0.2, 0) is 0 Å². The van der Waals surface area contributed by atoms with Crippen molar-refractivity contribution >= 4 is 5.69 Å². The van der Waals surface area contributed by atoms with Crippen molar-refractivity contribution in [3.05, 3.63) is 24.3 Å². The number of nitrogens with zero attached hydrogens (tertiary/aromatic N) is 1. The van der Waals surface area contributed by atoms with Crippen molar-refractivity contribution in [2.45, 2.75) is 39.2 Å². The Morgan fingerprint density at radius 3 is 3.05 bits per heavy atom. The fraction of sp³-hybridized carbons (Fsp3) is 0.625. The van der Waals surface area contributed by atoms with E-state index in [4.69, 9.17) is 4.74 Å². The van der Waals surface area contributed by atoms with E-state index < -0.39 is 0 Å². The second kappa shape index (κ2) is 7.39. The van der Waals surface area contributed by atoms with Crippen LogP contribution in [0.3, 0.4) is 0 Å². The predicted molar refractivity (Wildman–Crippen MR) is 81.1 cm³/mol. The van der Waals surface area contributed by atoms with Crippen LogP contribution in [0.1, 0.15) is 33.1 Å². The van der Waals surface area contributed by atoms with Gasteiger partial charge in [-0.2, -0.15) is 0 Å². The molecule has 0 amide bonds. The first-order valence-corrected chi connectivity index (χ1v) is 7.52. The molecule has 0 bridgehead atoms. The van der Waals surface area contributed by atoms with Gasteiger partial charge in [0.2, 0.25) is 0 Å². The number of hydrogen-bond acceptors (Lipinski definition) is 3. The Hall–Kier alpha value is -1.22. The monoisotopic (exact) mass is 262 g/mol. The summed E-state index contributed by atoms with van der Waals surface area (Å²) in [4.78, 5) is 2.47. The fourth-order valence-electron chi connectivity index (χ4n) is 2.53. The van der Waals surface area contributed by atoms with E-state index in [0.29, 0.717) is 6.04 Å². The number of anilines is 1. The highest BCUT2D eigenvalue weighted by Gasteiger charge is 2.20. The number of benzene rings is 1. The van der Waals surface area contributed by atoms with Gasteiger partial charge in [0.1, 0.15) is 5.75 Å². The van der Waals surface area contributed by atoms with Gasteiger partial charge in [0.25, 0.3) is 0 Å². The van der Waals surface area contributed by atoms with Crippen molar-refractivity contribution < 1.29 is 4.74 Å². The maximum atomic E-state index is 5.81. The van der Waals surface area contributed by atoms with E-state index in [1.54, 1.807) is 0 Å². The van der Waals surface area contributed by atoms with Gasteiger partial charge in [0, 0.05) is 19.1 Å². The molecule has 0 radical (unpaired) electrons. The molecular weight excluding hydrogens is 236 g/mol. The summed E-state index contributed by atoms with van der Waals surface area (Å²) in [5.74, 6) is 1.03. The van der Waals surface area contributed by atoms with Crippen molar-refractivity contribution in [2.75, 3.05) is 31.1 Å². The Balaban J connectivity index is 1.98. The average molecular weight is 262 g/mol. The summed E-state index contributed by atoms with van der Waals surface area (Å²) >= 11 is 0. The zero-order valence-electron chi connectivity index (χ0n) is 12.2. The standard InChI is InChI=1S/C16H26N2O/c1-3-4-10-17-13-14(2)18-11-7-12-19-16-9-6-5-8-15(16)18/h5-6,8-9,14,17H,3-4,7,10-13H2,1-2H3. The molecule has 1 heterocycles. The second-order valence-electron chi connectivity index (χ2n) is 5.27. The minimum Gasteiger partial charge on any atom is -0.491 e. The summed E-state index contributed by atoms with van der Waals surface area (Å²) in [5, 5.41) is 3.55. The Morgan fingerprint density at radius 1 is 1.37 bits per heavy atom. The van der Waals surface area contributed by atoms with Crippen LogP contribution in [0.5, 0.6) is 5.75 Å². The minimum absolute atomic E-state index is 0.500. The van der Waals surface area contributed by atoms with Gasteiger partial charge in [0.05, 0.1) is 12.3 Å². The lowest BCUT2D eigenvalue weighted by molar-refractivity contribution is 0.322. The van der Waals surface area contributed by atoms with Gasteiger partial charge in [-0.3, -0.25) is 0 Å². The van der Waals surface area contributed by atoms with Crippen LogP contribution in [0.4, 0.5) is 5.69 Å². The maximum Gasteiger partial charge on any atom is 0.142 e. The van der Waals surface area contributed by atoms with Crippen LogP contribution in [0, 0.1) is 0 Å². The number of hydrogen-bond donors (Lipinski definition) is 1. The van der Waals surface area contributed by atoms with Crippen LogP contribution in [0.25, 0.3) is 0 Å². The highest BCUT2D eigenvalue weighted by Crippen LogP contribution is 2.31. The average Bonchev–Trinajstić information content (AvgIpc) is 2.66. The third-order valence-corrected chi connectivity index (χ3v) is 3.65. The number of nitrogens with one attached hydrogen (secondary N) is 1. The first kappa shape index (κ1) is 14.2. The van der Waals surface area contributed by atoms with Crippen molar-refractivity contribution in [3.8, 4) is 5.75 Å². The van der Waals surface area contributed by atoms with Crippen LogP contribution in [-0.4, -0.2) is 32.3 Å². The van der Waals surface area contributed by atoms with Gasteiger partial charge < -0.3 is 15.0 Å². The molecule has 0 spiro atoms. The molecule has 19 heavy (non-hydrogen) atoms. The van der Waals surface area contributed by atoms with Crippen LogP contribution in [0.2, 0.25) is 0 Å². The first-order chi connectivity index (χ1) is 9.33. The van der Waals surface area contributed by atoms with Crippen molar-refractivity contribution in [1.29, 1.82) is 0 Å². The molecule has 106 valence electrons. The minimum atomic E-state index is 0.500. The molecule has 1 unspecified atom stereocenters. The SMILES string of the molecule is CCCCNCC(C)N1CCCOc2ccccc21. The molecule has 3 nitrogen and oxygen atoms in total. The van der Waals surface area contributed by atoms with E-state index >= 15 is 0 Å². The summed E-state index contributed by atoms with van der Waals surface area (Å²) in [6, 6.07) is 8.89. The lowest BCUT2D eigenvalue weighted by atomic mass is 10.2. The second-order valence-corrected chi connectivity index (χ2v) is 5.27. The summed E-state index contributed by atoms with van der Waals surface area (Å²) in [6.45, 7) is 8.58. The van der Waals surface area contributed by atoms with Crippen LogP contribution < -0.4 is 15.0 Å². The van der Waals surface area contributed by atoms with Gasteiger partial charge in [-0.1, -0.05) is 25.5 Å². The number of unbranched alkanes of at least 4 members (excludes halogenated alkanes) is 1. The van der Waals surface area contributed by atoms with Crippen LogP contribution >= 0.6 is 0 Å². The lowest BCUT2D eigenvalue weighted by Crippen LogP contribution is -2.41. The molecule has 0 fully saturated rings. The Bertz CT molecular complexity index is 381. The van der Waals surface area contributed by atoms with Gasteiger partial charge in [0.15, 0.2) is 0 Å². The van der Waals surface area contributed by atoms with E-state index in [1.165, 1.54) is 18.5 Å². The lowest BCUT2D eigenvalue weighted by Gasteiger charge is -2.30. The number of fused-ring (bicyclic) bond motifs is 1. The van der Waals surface area contributed by atoms with E-state index in [-0.39, 0.29) is 0 Å². The van der Waals surface area contributed by atoms with E-state index in [0.717, 1.165) is 38.4 Å². The summed E-state index contributed by atoms with van der Waals surface area (Å²) in [5.41, 5.74) is 1.24. The molecule has 0 saturated carbocycles. The summed E-state index contributed by atoms with van der Waals surface area (Å²) < 4.78 is 5.81. The molecule has 1 atom stereocenters. The summed E-state index contributed by atoms with van der Waals surface area (Å²) in [6.07, 6.45) is 3.60. The third-order valence-electron chi connectivity index (χ3n) is 3.65. The van der Waals surface area contributed by atoms with Gasteiger partial charge in [-0.15, -0.1) is 0 Å². The fourth-order valence-corrected chi connectivity index (χ4v) is 2.53. The molecule has 0 saturated heterocycles. The van der Waals surface area contributed by atoms with Gasteiger partial charge in [-0.25, -0.2) is 0 Å². The zero-order valence-corrected chi connectivity index (χ0v) is 12.2. The highest BCUT2D eigenvalue weighted by atomic mass is 16.5. The molecule has 3 heteroatoms. The molecular formula is C16H26N2O. The van der Waals surface area contributed by atoms with E-state index in [9.17, 15) is 0 Å². The zero-order chi connectivity index (χ0) is 13.5. The first-order valence-electron chi connectivity index (χ1n) is 7.52. The molecule has 2 rings (SSSR count). The highest BCUT2D eigenvalue weighted by molar-refractivity contribution is 5.59. The normalized spacial score (nSPS) is 16.4. The topological polar surface area (TPSA) is 24.5 Å². The van der Waals surface area contributed by atoms with Crippen molar-refractivity contribution in [1.82, 2.24) is 5.32 Å². The quantitative estimate of drug-likeness (QED) is 0.797. The molecule has 0 aliphatic carbocycles. The predicted octanol–water partition coefficient (Wildman–Crippen LogP) is 3.05. The molecule has 1 aromatic rings. The van der Waals surface area contributed by atoms with Gasteiger partial charge in [-0.05, 0) is 38.4 Å². The molecule has 1 N–H and O–H groups in total. The Kier molecular flexibility index (Phi) is 5.52. The van der Waals surface area contributed by atoms with E-state index in [1.807, 2.05) is 6.07 Å². The smallest absolute Gasteiger partial charge is 0.142 e. The van der Waals surface area contributed by atoms with E-state index in [2.05, 4.69) is 42.3 Å². The van der Waals surface area contributed by atoms with Crippen molar-refractivity contribution in [2.24, 2.45) is 0 Å².